The van der Waals surface area contributed by atoms with E-state index in [-0.39, 0.29) is 0 Å². The zero-order valence-electron chi connectivity index (χ0n) is 10.4. The molecule has 0 aromatic carbocycles. The van der Waals surface area contributed by atoms with Crippen molar-refractivity contribution in [1.29, 1.82) is 0 Å². The maximum absolute atomic E-state index is 12.2. The van der Waals surface area contributed by atoms with E-state index in [1.54, 1.807) is 7.05 Å². The molecule has 0 amide bonds. The second-order valence-electron chi connectivity index (χ2n) is 4.46. The van der Waals surface area contributed by atoms with Gasteiger partial charge >= 0.3 is 11.7 Å². The molecule has 0 radical (unpaired) electrons. The van der Waals surface area contributed by atoms with Crippen LogP contribution in [-0.2, 0) is 24.2 Å². The molecular formula is C11H13N5O3. The molecule has 0 unspecified atom stereocenters. The van der Waals surface area contributed by atoms with Gasteiger partial charge < -0.3 is 10.4 Å². The Kier molecular flexibility index (Phi) is 2.51. The lowest BCUT2D eigenvalue weighted by molar-refractivity contribution is -0.137. The number of carboxylic acids is 1. The highest BCUT2D eigenvalue weighted by atomic mass is 16.4. The second-order valence-corrected chi connectivity index (χ2v) is 4.46. The number of fused-ring (bicyclic) bond motifs is 3. The summed E-state index contributed by atoms with van der Waals surface area (Å²) in [6, 6.07) is 0. The summed E-state index contributed by atoms with van der Waals surface area (Å²) in [5.41, 5.74) is 1.91. The molecule has 2 aromatic rings. The van der Waals surface area contributed by atoms with Crippen LogP contribution in [0.15, 0.2) is 4.79 Å². The van der Waals surface area contributed by atoms with E-state index in [9.17, 15) is 9.59 Å². The van der Waals surface area contributed by atoms with Crippen LogP contribution in [0.1, 0.15) is 17.7 Å². The van der Waals surface area contributed by atoms with Crippen molar-refractivity contribution in [2.24, 2.45) is 0 Å². The molecule has 0 aliphatic heterocycles. The molecule has 0 atom stereocenters. The average Bonchev–Trinajstić information content (AvgIpc) is 2.94. The number of carbonyl (C=O) groups is 1. The van der Waals surface area contributed by atoms with Crippen LogP contribution in [0.25, 0.3) is 5.65 Å². The second kappa shape index (κ2) is 4.08. The standard InChI is InChI=1S/C11H13N5O3/c1-12-10-13-7-4-2-3-6(7)9-14-15(5-8(17)18)11(19)16(9)10/h2-5H2,1H3,(H,12,13)(H,17,18). The zero-order chi connectivity index (χ0) is 13.6. The van der Waals surface area contributed by atoms with Crippen LogP contribution in [0.5, 0.6) is 0 Å². The van der Waals surface area contributed by atoms with Crippen LogP contribution in [-0.4, -0.2) is 37.3 Å². The minimum atomic E-state index is -1.10. The molecule has 2 heterocycles. The highest BCUT2D eigenvalue weighted by molar-refractivity contribution is 5.66. The topological polar surface area (TPSA) is 102 Å². The van der Waals surface area contributed by atoms with Gasteiger partial charge in [-0.25, -0.2) is 18.9 Å². The Bertz CT molecular complexity index is 730. The SMILES string of the molecule is CNc1nc2c(c3nn(CC(=O)O)c(=O)n13)CCC2. The van der Waals surface area contributed by atoms with Gasteiger partial charge in [-0.05, 0) is 19.3 Å². The summed E-state index contributed by atoms with van der Waals surface area (Å²) in [5.74, 6) is -0.696. The molecule has 8 heteroatoms. The van der Waals surface area contributed by atoms with Crippen LogP contribution < -0.4 is 11.0 Å². The number of nitrogens with zero attached hydrogens (tertiary/aromatic N) is 4. The number of carboxylic acid groups (broad SMARTS) is 1. The highest BCUT2D eigenvalue weighted by Gasteiger charge is 2.23. The van der Waals surface area contributed by atoms with Crippen LogP contribution in [0.4, 0.5) is 5.95 Å². The van der Waals surface area contributed by atoms with Gasteiger partial charge in [-0.3, -0.25) is 4.79 Å². The van der Waals surface area contributed by atoms with Crippen molar-refractivity contribution in [2.45, 2.75) is 25.8 Å². The summed E-state index contributed by atoms with van der Waals surface area (Å²) in [6.45, 7) is -0.446. The Hall–Kier alpha value is -2.38. The van der Waals surface area contributed by atoms with E-state index >= 15 is 0 Å². The van der Waals surface area contributed by atoms with Gasteiger partial charge in [0.05, 0.1) is 5.69 Å². The molecule has 3 rings (SSSR count). The maximum atomic E-state index is 12.2. The smallest absolute Gasteiger partial charge is 0.353 e. The summed E-state index contributed by atoms with van der Waals surface area (Å²) >= 11 is 0. The van der Waals surface area contributed by atoms with E-state index in [0.717, 1.165) is 35.2 Å². The third-order valence-electron chi connectivity index (χ3n) is 3.26. The Morgan fingerprint density at radius 3 is 2.95 bits per heavy atom. The third-order valence-corrected chi connectivity index (χ3v) is 3.26. The summed E-state index contributed by atoms with van der Waals surface area (Å²) in [6.07, 6.45) is 2.66. The van der Waals surface area contributed by atoms with E-state index in [2.05, 4.69) is 15.4 Å². The van der Waals surface area contributed by atoms with E-state index in [4.69, 9.17) is 5.11 Å². The van der Waals surface area contributed by atoms with Gasteiger partial charge in [0, 0.05) is 12.6 Å². The molecule has 8 nitrogen and oxygen atoms in total. The van der Waals surface area contributed by atoms with Gasteiger partial charge in [0.1, 0.15) is 6.54 Å². The summed E-state index contributed by atoms with van der Waals surface area (Å²) < 4.78 is 2.30. The maximum Gasteiger partial charge on any atom is 0.353 e. The van der Waals surface area contributed by atoms with Gasteiger partial charge in [-0.2, -0.15) is 0 Å². The van der Waals surface area contributed by atoms with Crippen LogP contribution >= 0.6 is 0 Å². The van der Waals surface area contributed by atoms with Crippen molar-refractivity contribution < 1.29 is 9.90 Å². The first kappa shape index (κ1) is 11.7. The molecule has 0 bridgehead atoms. The van der Waals surface area contributed by atoms with Gasteiger partial charge in [-0.15, -0.1) is 5.10 Å². The van der Waals surface area contributed by atoms with E-state index in [1.807, 2.05) is 0 Å². The van der Waals surface area contributed by atoms with Crippen molar-refractivity contribution in [1.82, 2.24) is 19.2 Å². The third kappa shape index (κ3) is 1.67. The first-order chi connectivity index (χ1) is 9.11. The van der Waals surface area contributed by atoms with E-state index < -0.39 is 18.2 Å². The van der Waals surface area contributed by atoms with Crippen molar-refractivity contribution in [3.8, 4) is 0 Å². The van der Waals surface area contributed by atoms with Crippen LogP contribution in [0, 0.1) is 0 Å². The molecule has 2 N–H and O–H groups in total. The number of rotatable bonds is 3. The van der Waals surface area contributed by atoms with E-state index in [0.29, 0.717) is 11.6 Å². The number of aryl methyl sites for hydroxylation is 2. The fourth-order valence-corrected chi connectivity index (χ4v) is 2.46. The Balaban J connectivity index is 2.33. The fourth-order valence-electron chi connectivity index (χ4n) is 2.46. The summed E-state index contributed by atoms with van der Waals surface area (Å²) in [7, 11) is 1.67. The van der Waals surface area contributed by atoms with Gasteiger partial charge in [0.15, 0.2) is 5.65 Å². The average molecular weight is 263 g/mol. The predicted molar refractivity (Wildman–Crippen MR) is 66.5 cm³/mol. The molecule has 0 saturated heterocycles. The van der Waals surface area contributed by atoms with Crippen molar-refractivity contribution in [3.05, 3.63) is 21.7 Å². The molecule has 1 aliphatic carbocycles. The molecule has 100 valence electrons. The minimum Gasteiger partial charge on any atom is -0.480 e. The molecule has 2 aromatic heterocycles. The number of aromatic nitrogens is 4. The Morgan fingerprint density at radius 2 is 2.26 bits per heavy atom. The minimum absolute atomic E-state index is 0.400. The number of aliphatic carboxylic acids is 1. The van der Waals surface area contributed by atoms with Crippen molar-refractivity contribution in [2.75, 3.05) is 12.4 Å². The number of anilines is 1. The molecular weight excluding hydrogens is 250 g/mol. The predicted octanol–water partition coefficient (Wildman–Crippen LogP) is -0.494. The molecule has 0 spiro atoms. The molecule has 0 saturated carbocycles. The lowest BCUT2D eigenvalue weighted by Crippen LogP contribution is -2.26. The van der Waals surface area contributed by atoms with Gasteiger partial charge in [-0.1, -0.05) is 0 Å². The van der Waals surface area contributed by atoms with Gasteiger partial charge in [0.25, 0.3) is 0 Å². The van der Waals surface area contributed by atoms with Crippen molar-refractivity contribution in [3.63, 3.8) is 0 Å². The van der Waals surface area contributed by atoms with E-state index in [1.165, 1.54) is 4.40 Å². The normalized spacial score (nSPS) is 13.7. The lowest BCUT2D eigenvalue weighted by atomic mass is 10.2. The molecule has 1 aliphatic rings. The molecule has 19 heavy (non-hydrogen) atoms. The summed E-state index contributed by atoms with van der Waals surface area (Å²) in [4.78, 5) is 27.3. The van der Waals surface area contributed by atoms with Crippen molar-refractivity contribution >= 4 is 17.6 Å². The Morgan fingerprint density at radius 1 is 1.47 bits per heavy atom. The van der Waals surface area contributed by atoms with Crippen LogP contribution in [0.2, 0.25) is 0 Å². The fraction of sp³-hybridized carbons (Fsp3) is 0.455. The Labute approximate surface area is 107 Å². The quantitative estimate of drug-likeness (QED) is 0.774. The summed E-state index contributed by atoms with van der Waals surface area (Å²) in [5, 5.41) is 15.8. The van der Waals surface area contributed by atoms with Gasteiger partial charge in [0.2, 0.25) is 5.95 Å². The number of nitrogens with one attached hydrogen (secondary N) is 1. The van der Waals surface area contributed by atoms with Crippen LogP contribution in [0.3, 0.4) is 0 Å². The number of hydrogen-bond donors (Lipinski definition) is 2. The number of hydrogen-bond acceptors (Lipinski definition) is 5. The first-order valence-corrected chi connectivity index (χ1v) is 6.02. The molecule has 0 fully saturated rings. The largest absolute Gasteiger partial charge is 0.480 e. The highest BCUT2D eigenvalue weighted by Crippen LogP contribution is 2.24. The zero-order valence-corrected chi connectivity index (χ0v) is 10.4. The monoisotopic (exact) mass is 263 g/mol. The lowest BCUT2D eigenvalue weighted by Gasteiger charge is -2.05. The first-order valence-electron chi connectivity index (χ1n) is 6.02.